The Balaban J connectivity index is 1.46. The van der Waals surface area contributed by atoms with Gasteiger partial charge < -0.3 is 14.1 Å². The zero-order valence-electron chi connectivity index (χ0n) is 16.0. The Hall–Kier alpha value is -2.94. The number of oxazole rings is 1. The summed E-state index contributed by atoms with van der Waals surface area (Å²) in [5.41, 5.74) is 3.11. The predicted octanol–water partition coefficient (Wildman–Crippen LogP) is 3.15. The van der Waals surface area contributed by atoms with Gasteiger partial charge >= 0.3 is 0 Å². The minimum atomic E-state index is -3.75. The van der Waals surface area contributed by atoms with Crippen molar-refractivity contribution in [3.8, 4) is 11.3 Å². The van der Waals surface area contributed by atoms with Crippen molar-refractivity contribution in [2.45, 2.75) is 17.9 Å². The van der Waals surface area contributed by atoms with Crippen LogP contribution in [0.25, 0.3) is 22.2 Å². The zero-order valence-corrected chi connectivity index (χ0v) is 16.8. The molecule has 29 heavy (non-hydrogen) atoms. The lowest BCUT2D eigenvalue weighted by molar-refractivity contribution is 0.182. The van der Waals surface area contributed by atoms with E-state index < -0.39 is 16.1 Å². The lowest BCUT2D eigenvalue weighted by Crippen LogP contribution is -2.28. The van der Waals surface area contributed by atoms with Crippen molar-refractivity contribution in [1.29, 1.82) is 0 Å². The Morgan fingerprint density at radius 3 is 2.62 bits per heavy atom. The van der Waals surface area contributed by atoms with E-state index in [9.17, 15) is 13.5 Å². The number of aromatic nitrogens is 2. The highest BCUT2D eigenvalue weighted by Gasteiger charge is 2.17. The van der Waals surface area contributed by atoms with E-state index in [1.165, 1.54) is 18.4 Å². The van der Waals surface area contributed by atoms with E-state index >= 15 is 0 Å². The summed E-state index contributed by atoms with van der Waals surface area (Å²) in [5, 5.41) is 11.4. The maximum atomic E-state index is 12.6. The minimum absolute atomic E-state index is 0.118. The molecule has 2 N–H and O–H groups in total. The van der Waals surface area contributed by atoms with Gasteiger partial charge in [-0.25, -0.2) is 18.1 Å². The first-order chi connectivity index (χ1) is 13.8. The summed E-state index contributed by atoms with van der Waals surface area (Å²) in [6.45, 7) is 1.62. The summed E-state index contributed by atoms with van der Waals surface area (Å²) in [5.74, 6) is 0.543. The fourth-order valence-electron chi connectivity index (χ4n) is 3.20. The van der Waals surface area contributed by atoms with Crippen molar-refractivity contribution < 1.29 is 17.9 Å². The number of hydrogen-bond donors (Lipinski definition) is 2. The molecule has 0 aliphatic heterocycles. The van der Waals surface area contributed by atoms with Crippen molar-refractivity contribution in [3.63, 3.8) is 0 Å². The van der Waals surface area contributed by atoms with Gasteiger partial charge in [-0.05, 0) is 41.3 Å². The van der Waals surface area contributed by atoms with E-state index in [2.05, 4.69) is 9.71 Å². The molecule has 0 bridgehead atoms. The molecule has 1 atom stereocenters. The molecule has 4 aromatic rings. The van der Waals surface area contributed by atoms with Crippen LogP contribution in [-0.2, 0) is 17.1 Å². The first-order valence-electron chi connectivity index (χ1n) is 9.09. The van der Waals surface area contributed by atoms with Gasteiger partial charge in [0.1, 0.15) is 12.0 Å². The molecule has 1 unspecified atom stereocenters. The molecular formula is C21H21N3O4S. The van der Waals surface area contributed by atoms with Crippen LogP contribution in [0, 0.1) is 6.92 Å². The molecule has 0 spiro atoms. The van der Waals surface area contributed by atoms with E-state index in [4.69, 9.17) is 4.42 Å². The molecule has 0 fully saturated rings. The van der Waals surface area contributed by atoms with Crippen LogP contribution in [0.3, 0.4) is 0 Å². The second kappa shape index (κ2) is 7.47. The Labute approximate surface area is 168 Å². The third-order valence-electron chi connectivity index (χ3n) is 4.84. The highest BCUT2D eigenvalue weighted by atomic mass is 32.2. The van der Waals surface area contributed by atoms with E-state index in [0.717, 1.165) is 16.5 Å². The van der Waals surface area contributed by atoms with Crippen molar-refractivity contribution >= 4 is 20.9 Å². The number of sulfonamides is 1. The molecule has 0 aliphatic rings. The van der Waals surface area contributed by atoms with E-state index in [0.29, 0.717) is 17.1 Å². The normalized spacial score (nSPS) is 13.1. The third-order valence-corrected chi connectivity index (χ3v) is 6.28. The average Bonchev–Trinajstić information content (AvgIpc) is 3.32. The van der Waals surface area contributed by atoms with Crippen LogP contribution in [-0.4, -0.2) is 29.6 Å². The number of benzene rings is 2. The minimum Gasteiger partial charge on any atom is -0.449 e. The second-order valence-corrected chi connectivity index (χ2v) is 8.66. The van der Waals surface area contributed by atoms with Gasteiger partial charge in [0.25, 0.3) is 0 Å². The summed E-state index contributed by atoms with van der Waals surface area (Å²) in [6, 6.07) is 13.9. The first kappa shape index (κ1) is 19.4. The molecule has 2 aromatic carbocycles. The molecule has 4 rings (SSSR count). The second-order valence-electron chi connectivity index (χ2n) is 6.89. The van der Waals surface area contributed by atoms with Crippen LogP contribution in [0.1, 0.15) is 17.6 Å². The Morgan fingerprint density at radius 2 is 1.93 bits per heavy atom. The zero-order chi connectivity index (χ0) is 20.6. The Bertz CT molecular complexity index is 1260. The van der Waals surface area contributed by atoms with Gasteiger partial charge in [0, 0.05) is 37.8 Å². The number of hydrogen-bond acceptors (Lipinski definition) is 5. The van der Waals surface area contributed by atoms with Crippen LogP contribution >= 0.6 is 0 Å². The molecule has 8 heteroatoms. The van der Waals surface area contributed by atoms with Gasteiger partial charge in [-0.15, -0.1) is 0 Å². The van der Waals surface area contributed by atoms with Gasteiger partial charge in [-0.3, -0.25) is 0 Å². The molecule has 2 heterocycles. The van der Waals surface area contributed by atoms with Crippen molar-refractivity contribution in [1.82, 2.24) is 14.3 Å². The number of nitrogens with one attached hydrogen (secondary N) is 1. The smallest absolute Gasteiger partial charge is 0.240 e. The summed E-state index contributed by atoms with van der Waals surface area (Å²) < 4.78 is 34.8. The third kappa shape index (κ3) is 3.95. The van der Waals surface area contributed by atoms with Gasteiger partial charge in [-0.1, -0.05) is 18.2 Å². The highest BCUT2D eigenvalue weighted by molar-refractivity contribution is 7.89. The molecular weight excluding hydrogens is 390 g/mol. The predicted molar refractivity (Wildman–Crippen MR) is 110 cm³/mol. The molecule has 0 saturated carbocycles. The first-order valence-corrected chi connectivity index (χ1v) is 10.6. The topological polar surface area (TPSA) is 97.4 Å². The van der Waals surface area contributed by atoms with Crippen molar-refractivity contribution in [2.75, 3.05) is 6.54 Å². The van der Waals surface area contributed by atoms with E-state index in [1.54, 1.807) is 25.1 Å². The van der Waals surface area contributed by atoms with Crippen molar-refractivity contribution in [3.05, 3.63) is 72.4 Å². The van der Waals surface area contributed by atoms with Gasteiger partial charge in [0.15, 0.2) is 5.89 Å². The van der Waals surface area contributed by atoms with Crippen LogP contribution < -0.4 is 4.72 Å². The summed E-state index contributed by atoms with van der Waals surface area (Å²) in [4.78, 5) is 4.34. The maximum Gasteiger partial charge on any atom is 0.240 e. The number of aliphatic hydroxyl groups excluding tert-OH is 1. The Kier molecular flexibility index (Phi) is 4.99. The summed E-state index contributed by atoms with van der Waals surface area (Å²) in [7, 11) is -1.81. The fraction of sp³-hybridized carbons (Fsp3) is 0.190. The quantitative estimate of drug-likeness (QED) is 0.508. The fourth-order valence-corrected chi connectivity index (χ4v) is 4.24. The molecule has 0 radical (unpaired) electrons. The molecule has 150 valence electrons. The summed E-state index contributed by atoms with van der Waals surface area (Å²) in [6.07, 6.45) is 2.51. The van der Waals surface area contributed by atoms with Crippen LogP contribution in [0.5, 0.6) is 0 Å². The van der Waals surface area contributed by atoms with Crippen LogP contribution in [0.2, 0.25) is 0 Å². The largest absolute Gasteiger partial charge is 0.449 e. The van der Waals surface area contributed by atoms with E-state index in [1.807, 2.05) is 36.0 Å². The highest BCUT2D eigenvalue weighted by Crippen LogP contribution is 2.23. The SMILES string of the molecule is Cc1nc(-c2ccc(S(=O)(=O)NCC(O)c3ccc4c(ccn4C)c3)cc2)co1. The number of aryl methyl sites for hydroxylation is 2. The van der Waals surface area contributed by atoms with E-state index in [-0.39, 0.29) is 11.4 Å². The monoisotopic (exact) mass is 411 g/mol. The molecule has 2 aromatic heterocycles. The lowest BCUT2D eigenvalue weighted by Gasteiger charge is -2.13. The number of fused-ring (bicyclic) bond motifs is 1. The van der Waals surface area contributed by atoms with Gasteiger partial charge in [0.2, 0.25) is 10.0 Å². The standard InChI is InChI=1S/C21H21N3O4S/c1-14-23-19(13-28-14)15-3-6-18(7-4-15)29(26,27)22-12-21(25)17-5-8-20-16(11-17)9-10-24(20)2/h3-11,13,21-22,25H,12H2,1-2H3. The molecule has 7 nitrogen and oxygen atoms in total. The number of nitrogens with zero attached hydrogens (tertiary/aromatic N) is 2. The van der Waals surface area contributed by atoms with Crippen molar-refractivity contribution in [2.24, 2.45) is 7.05 Å². The molecule has 0 amide bonds. The number of rotatable bonds is 6. The Morgan fingerprint density at radius 1 is 1.17 bits per heavy atom. The maximum absolute atomic E-state index is 12.6. The molecule has 0 aliphatic carbocycles. The van der Waals surface area contributed by atoms with Crippen LogP contribution in [0.15, 0.2) is 70.3 Å². The molecule has 0 saturated heterocycles. The lowest BCUT2D eigenvalue weighted by atomic mass is 10.1. The van der Waals surface area contributed by atoms with Gasteiger partial charge in [0.05, 0.1) is 11.0 Å². The average molecular weight is 411 g/mol. The number of aliphatic hydroxyl groups is 1. The van der Waals surface area contributed by atoms with Crippen LogP contribution in [0.4, 0.5) is 0 Å². The van der Waals surface area contributed by atoms with Gasteiger partial charge in [-0.2, -0.15) is 0 Å². The summed E-state index contributed by atoms with van der Waals surface area (Å²) >= 11 is 0.